The highest BCUT2D eigenvalue weighted by Crippen LogP contribution is 2.31. The average molecular weight is 402 g/mol. The molecule has 0 fully saturated rings. The maximum atomic E-state index is 5.73. The highest BCUT2D eigenvalue weighted by atomic mass is 35.5. The molecule has 0 saturated heterocycles. The van der Waals surface area contributed by atoms with E-state index in [4.69, 9.17) is 39.1 Å². The smallest absolute Gasteiger partial charge is 0.142 e. The van der Waals surface area contributed by atoms with Gasteiger partial charge in [-0.15, -0.1) is 29.6 Å². The molecule has 7 heteroatoms. The molecule has 3 aromatic rings. The zero-order chi connectivity index (χ0) is 19.1. The summed E-state index contributed by atoms with van der Waals surface area (Å²) in [7, 11) is 0. The number of nitrogens with zero attached hydrogens (tertiary/aromatic N) is 2. The van der Waals surface area contributed by atoms with Crippen molar-refractivity contribution in [3.63, 3.8) is 0 Å². The summed E-state index contributed by atoms with van der Waals surface area (Å²) in [5, 5.41) is 4.12. The van der Waals surface area contributed by atoms with Crippen molar-refractivity contribution in [3.8, 4) is 23.8 Å². The predicted molar refractivity (Wildman–Crippen MR) is 110 cm³/mol. The highest BCUT2D eigenvalue weighted by Gasteiger charge is 2.10. The van der Waals surface area contributed by atoms with E-state index >= 15 is 0 Å². The van der Waals surface area contributed by atoms with Crippen LogP contribution in [0.4, 0.5) is 11.5 Å². The average Bonchev–Trinajstić information content (AvgIpc) is 2.71. The van der Waals surface area contributed by atoms with Gasteiger partial charge in [-0.2, -0.15) is 0 Å². The zero-order valence-corrected chi connectivity index (χ0v) is 15.9. The first kappa shape index (κ1) is 19.1. The lowest BCUT2D eigenvalue weighted by atomic mass is 10.1. The monoisotopic (exact) mass is 401 g/mol. The van der Waals surface area contributed by atoms with Crippen molar-refractivity contribution in [1.82, 2.24) is 9.97 Å². The molecular formula is C20H17Cl2N3O2. The van der Waals surface area contributed by atoms with Crippen LogP contribution in [0.1, 0.15) is 5.56 Å². The number of alkyl halides is 2. The molecule has 0 radical (unpaired) electrons. The van der Waals surface area contributed by atoms with Crippen LogP contribution in [0.5, 0.6) is 11.5 Å². The summed E-state index contributed by atoms with van der Waals surface area (Å²) >= 11 is 11.4. The van der Waals surface area contributed by atoms with E-state index in [0.717, 1.165) is 16.5 Å². The molecule has 0 aliphatic carbocycles. The number of benzene rings is 2. The maximum absolute atomic E-state index is 5.73. The van der Waals surface area contributed by atoms with E-state index in [1.54, 1.807) is 0 Å². The third-order valence-corrected chi connectivity index (χ3v) is 4.00. The van der Waals surface area contributed by atoms with E-state index < -0.39 is 0 Å². The van der Waals surface area contributed by atoms with Crippen LogP contribution in [-0.2, 0) is 0 Å². The fraction of sp³-hybridized carbons (Fsp3) is 0.200. The van der Waals surface area contributed by atoms with E-state index in [0.29, 0.717) is 48.0 Å². The molecule has 2 aromatic carbocycles. The molecule has 0 aliphatic heterocycles. The summed E-state index contributed by atoms with van der Waals surface area (Å²) in [5.41, 5.74) is 2.18. The Morgan fingerprint density at radius 3 is 2.59 bits per heavy atom. The van der Waals surface area contributed by atoms with Gasteiger partial charge in [-0.25, -0.2) is 9.97 Å². The Balaban J connectivity index is 1.95. The number of terminal acetylenes is 1. The van der Waals surface area contributed by atoms with Gasteiger partial charge in [0.25, 0.3) is 0 Å². The normalized spacial score (nSPS) is 10.4. The van der Waals surface area contributed by atoms with Gasteiger partial charge >= 0.3 is 0 Å². The Morgan fingerprint density at radius 2 is 1.81 bits per heavy atom. The Morgan fingerprint density at radius 1 is 1.00 bits per heavy atom. The van der Waals surface area contributed by atoms with E-state index in [-0.39, 0.29) is 0 Å². The molecule has 0 bridgehead atoms. The standard InChI is InChI=1S/C20H17Cl2N3O2/c1-2-14-3-6-19(27-10-8-22)18(11-14)25-20-16-5-4-15(26-9-7-21)12-17(16)23-13-24-20/h1,3-6,11-13H,7-10H2,(H,23,24,25). The van der Waals surface area contributed by atoms with E-state index in [1.807, 2.05) is 36.4 Å². The number of nitrogens with one attached hydrogen (secondary N) is 1. The molecule has 0 saturated carbocycles. The minimum Gasteiger partial charge on any atom is -0.492 e. The minimum absolute atomic E-state index is 0.386. The van der Waals surface area contributed by atoms with Crippen molar-refractivity contribution in [2.75, 3.05) is 30.3 Å². The van der Waals surface area contributed by atoms with E-state index in [9.17, 15) is 0 Å². The Hall–Kier alpha value is -2.68. The van der Waals surface area contributed by atoms with Gasteiger partial charge < -0.3 is 14.8 Å². The molecule has 0 aliphatic rings. The quantitative estimate of drug-likeness (QED) is 0.441. The van der Waals surface area contributed by atoms with Crippen molar-refractivity contribution in [2.45, 2.75) is 0 Å². The zero-order valence-electron chi connectivity index (χ0n) is 14.4. The predicted octanol–water partition coefficient (Wildman–Crippen LogP) is 4.59. The summed E-state index contributed by atoms with van der Waals surface area (Å²) in [4.78, 5) is 8.67. The lowest BCUT2D eigenvalue weighted by Crippen LogP contribution is -2.03. The Bertz CT molecular complexity index is 973. The van der Waals surface area contributed by atoms with Gasteiger partial charge in [-0.3, -0.25) is 0 Å². The second-order valence-corrected chi connectivity index (χ2v) is 6.21. The number of ether oxygens (including phenoxy) is 2. The van der Waals surface area contributed by atoms with Gasteiger partial charge in [-0.1, -0.05) is 5.92 Å². The van der Waals surface area contributed by atoms with E-state index in [2.05, 4.69) is 21.2 Å². The molecule has 27 heavy (non-hydrogen) atoms. The van der Waals surface area contributed by atoms with Crippen LogP contribution in [0.25, 0.3) is 10.9 Å². The van der Waals surface area contributed by atoms with Crippen molar-refractivity contribution in [2.24, 2.45) is 0 Å². The highest BCUT2D eigenvalue weighted by molar-refractivity contribution is 6.18. The number of rotatable bonds is 8. The third-order valence-electron chi connectivity index (χ3n) is 3.69. The fourth-order valence-corrected chi connectivity index (χ4v) is 2.66. The lowest BCUT2D eigenvalue weighted by Gasteiger charge is -2.14. The maximum Gasteiger partial charge on any atom is 0.142 e. The van der Waals surface area contributed by atoms with Crippen LogP contribution in [0.3, 0.4) is 0 Å². The molecule has 1 aromatic heterocycles. The van der Waals surface area contributed by atoms with Crippen molar-refractivity contribution in [1.29, 1.82) is 0 Å². The second-order valence-electron chi connectivity index (χ2n) is 5.46. The van der Waals surface area contributed by atoms with Gasteiger partial charge in [0.05, 0.1) is 23.0 Å². The molecule has 1 N–H and O–H groups in total. The van der Waals surface area contributed by atoms with Crippen LogP contribution in [0.2, 0.25) is 0 Å². The van der Waals surface area contributed by atoms with Gasteiger partial charge in [-0.05, 0) is 30.3 Å². The van der Waals surface area contributed by atoms with Gasteiger partial charge in [0.1, 0.15) is 36.9 Å². The number of hydrogen-bond acceptors (Lipinski definition) is 5. The van der Waals surface area contributed by atoms with Crippen LogP contribution in [0.15, 0.2) is 42.7 Å². The van der Waals surface area contributed by atoms with Crippen molar-refractivity contribution < 1.29 is 9.47 Å². The molecule has 138 valence electrons. The van der Waals surface area contributed by atoms with Crippen LogP contribution >= 0.6 is 23.2 Å². The van der Waals surface area contributed by atoms with Crippen molar-refractivity contribution >= 4 is 45.6 Å². The van der Waals surface area contributed by atoms with Crippen LogP contribution in [0, 0.1) is 12.3 Å². The second kappa shape index (κ2) is 9.31. The van der Waals surface area contributed by atoms with Gasteiger partial charge in [0.2, 0.25) is 0 Å². The summed E-state index contributed by atoms with van der Waals surface area (Å²) < 4.78 is 11.2. The first-order valence-corrected chi connectivity index (χ1v) is 9.32. The number of anilines is 2. The number of aromatic nitrogens is 2. The molecule has 0 spiro atoms. The number of fused-ring (bicyclic) bond motifs is 1. The summed E-state index contributed by atoms with van der Waals surface area (Å²) in [6, 6.07) is 11.0. The summed E-state index contributed by atoms with van der Waals surface area (Å²) in [6.07, 6.45) is 7.01. The van der Waals surface area contributed by atoms with Crippen LogP contribution in [-0.4, -0.2) is 34.9 Å². The summed E-state index contributed by atoms with van der Waals surface area (Å²) in [6.45, 7) is 0.820. The van der Waals surface area contributed by atoms with Crippen molar-refractivity contribution in [3.05, 3.63) is 48.3 Å². The Labute approximate surface area is 167 Å². The topological polar surface area (TPSA) is 56.3 Å². The molecule has 1 heterocycles. The molecule has 3 rings (SSSR count). The molecule has 5 nitrogen and oxygen atoms in total. The molecule has 0 atom stereocenters. The van der Waals surface area contributed by atoms with Gasteiger partial charge in [0.15, 0.2) is 0 Å². The fourth-order valence-electron chi connectivity index (χ4n) is 2.50. The SMILES string of the molecule is C#Cc1ccc(OCCCl)c(Nc2ncnc3cc(OCCCl)ccc23)c1. The van der Waals surface area contributed by atoms with Crippen LogP contribution < -0.4 is 14.8 Å². The van der Waals surface area contributed by atoms with Gasteiger partial charge in [0, 0.05) is 17.0 Å². The lowest BCUT2D eigenvalue weighted by molar-refractivity contribution is 0.343. The third kappa shape index (κ3) is 4.73. The Kier molecular flexibility index (Phi) is 6.59. The first-order valence-electron chi connectivity index (χ1n) is 8.25. The van der Waals surface area contributed by atoms with E-state index in [1.165, 1.54) is 6.33 Å². The molecular weight excluding hydrogens is 385 g/mol. The first-order chi connectivity index (χ1) is 13.2. The number of halogens is 2. The number of hydrogen-bond donors (Lipinski definition) is 1. The minimum atomic E-state index is 0.386. The largest absolute Gasteiger partial charge is 0.492 e. The molecule has 0 amide bonds. The summed E-state index contributed by atoms with van der Waals surface area (Å²) in [5.74, 6) is 5.40. The molecule has 0 unspecified atom stereocenters.